The second kappa shape index (κ2) is 4.20. The van der Waals surface area contributed by atoms with E-state index in [-0.39, 0.29) is 11.3 Å². The minimum absolute atomic E-state index is 0.184. The van der Waals surface area contributed by atoms with Crippen LogP contribution in [0.4, 0.5) is 0 Å². The molecule has 0 aliphatic heterocycles. The van der Waals surface area contributed by atoms with Gasteiger partial charge in [0, 0.05) is 12.5 Å². The molecule has 0 bridgehead atoms. The van der Waals surface area contributed by atoms with Gasteiger partial charge in [0.2, 0.25) is 0 Å². The number of aryl methyl sites for hydroxylation is 1. The van der Waals surface area contributed by atoms with Crippen LogP contribution in [0.2, 0.25) is 0 Å². The fourth-order valence-electron chi connectivity index (χ4n) is 2.39. The molecule has 2 atom stereocenters. The van der Waals surface area contributed by atoms with Gasteiger partial charge in [-0.15, -0.1) is 0 Å². The summed E-state index contributed by atoms with van der Waals surface area (Å²) in [5, 5.41) is 4.19. The summed E-state index contributed by atoms with van der Waals surface area (Å²) < 4.78 is 25.0. The predicted molar refractivity (Wildman–Crippen MR) is 63.1 cm³/mol. The standard InChI is InChI=1S/C11H18N2O2S/c1-9-6-7-13(12-9)10-4-3-5-11(8-10)16(2,14)15/h6-7,10-11H,3-5,8H2,1-2H3. The van der Waals surface area contributed by atoms with E-state index >= 15 is 0 Å². The van der Waals surface area contributed by atoms with E-state index in [1.54, 1.807) is 0 Å². The first-order valence-electron chi connectivity index (χ1n) is 5.67. The molecular formula is C11H18N2O2S. The van der Waals surface area contributed by atoms with Crippen molar-refractivity contribution in [1.82, 2.24) is 9.78 Å². The first-order chi connectivity index (χ1) is 7.47. The molecule has 1 saturated carbocycles. The van der Waals surface area contributed by atoms with Gasteiger partial charge in [-0.2, -0.15) is 5.10 Å². The van der Waals surface area contributed by atoms with Crippen LogP contribution in [0.3, 0.4) is 0 Å². The minimum atomic E-state index is -2.90. The third kappa shape index (κ3) is 2.45. The molecule has 1 aromatic heterocycles. The Bertz CT molecular complexity index is 464. The molecule has 0 spiro atoms. The number of hydrogen-bond acceptors (Lipinski definition) is 3. The molecule has 1 fully saturated rings. The molecule has 0 saturated heterocycles. The van der Waals surface area contributed by atoms with Gasteiger partial charge < -0.3 is 0 Å². The van der Waals surface area contributed by atoms with Crippen molar-refractivity contribution in [2.24, 2.45) is 0 Å². The maximum atomic E-state index is 11.5. The molecule has 4 nitrogen and oxygen atoms in total. The average molecular weight is 242 g/mol. The van der Waals surface area contributed by atoms with Crippen molar-refractivity contribution in [3.8, 4) is 0 Å². The fourth-order valence-corrected chi connectivity index (χ4v) is 3.55. The second-order valence-electron chi connectivity index (χ2n) is 4.71. The van der Waals surface area contributed by atoms with Gasteiger partial charge in [-0.1, -0.05) is 6.42 Å². The second-order valence-corrected chi connectivity index (χ2v) is 7.03. The van der Waals surface area contributed by atoms with Crippen LogP contribution in [-0.2, 0) is 9.84 Å². The topological polar surface area (TPSA) is 52.0 Å². The van der Waals surface area contributed by atoms with Crippen molar-refractivity contribution in [2.75, 3.05) is 6.26 Å². The molecule has 16 heavy (non-hydrogen) atoms. The van der Waals surface area contributed by atoms with Crippen LogP contribution < -0.4 is 0 Å². The Kier molecular flexibility index (Phi) is 3.06. The molecule has 0 aromatic carbocycles. The van der Waals surface area contributed by atoms with Crippen molar-refractivity contribution in [3.05, 3.63) is 18.0 Å². The summed E-state index contributed by atoms with van der Waals surface area (Å²) in [6.07, 6.45) is 6.81. The Morgan fingerprint density at radius 2 is 2.19 bits per heavy atom. The summed E-state index contributed by atoms with van der Waals surface area (Å²) in [6.45, 7) is 1.95. The zero-order valence-corrected chi connectivity index (χ0v) is 10.6. The summed E-state index contributed by atoms with van der Waals surface area (Å²) in [7, 11) is -2.90. The smallest absolute Gasteiger partial charge is 0.150 e. The summed E-state index contributed by atoms with van der Waals surface area (Å²) >= 11 is 0. The van der Waals surface area contributed by atoms with Crippen LogP contribution in [0.5, 0.6) is 0 Å². The molecule has 1 aromatic rings. The highest BCUT2D eigenvalue weighted by molar-refractivity contribution is 7.91. The van der Waals surface area contributed by atoms with E-state index in [2.05, 4.69) is 5.10 Å². The van der Waals surface area contributed by atoms with Gasteiger partial charge in [0.15, 0.2) is 0 Å². The quantitative estimate of drug-likeness (QED) is 0.793. The van der Waals surface area contributed by atoms with Crippen molar-refractivity contribution < 1.29 is 8.42 Å². The maximum absolute atomic E-state index is 11.5. The van der Waals surface area contributed by atoms with E-state index in [1.807, 2.05) is 23.9 Å². The third-order valence-corrected chi connectivity index (χ3v) is 4.96. The first-order valence-corrected chi connectivity index (χ1v) is 7.63. The van der Waals surface area contributed by atoms with Gasteiger partial charge >= 0.3 is 0 Å². The van der Waals surface area contributed by atoms with Gasteiger partial charge in [-0.3, -0.25) is 4.68 Å². The van der Waals surface area contributed by atoms with Crippen LogP contribution in [0.1, 0.15) is 37.4 Å². The normalized spacial score (nSPS) is 26.9. The van der Waals surface area contributed by atoms with Crippen LogP contribution >= 0.6 is 0 Å². The first kappa shape index (κ1) is 11.6. The highest BCUT2D eigenvalue weighted by Gasteiger charge is 2.29. The summed E-state index contributed by atoms with van der Waals surface area (Å²) in [5.74, 6) is 0. The van der Waals surface area contributed by atoms with E-state index in [1.165, 1.54) is 6.26 Å². The Balaban J connectivity index is 2.13. The lowest BCUT2D eigenvalue weighted by Crippen LogP contribution is -2.29. The maximum Gasteiger partial charge on any atom is 0.150 e. The Morgan fingerprint density at radius 3 is 2.75 bits per heavy atom. The van der Waals surface area contributed by atoms with Gasteiger partial charge in [0.1, 0.15) is 9.84 Å². The van der Waals surface area contributed by atoms with Crippen LogP contribution in [0.25, 0.3) is 0 Å². The molecule has 90 valence electrons. The molecule has 0 radical (unpaired) electrons. The van der Waals surface area contributed by atoms with Gasteiger partial charge in [0.05, 0.1) is 17.0 Å². The number of rotatable bonds is 2. The lowest BCUT2D eigenvalue weighted by Gasteiger charge is -2.28. The minimum Gasteiger partial charge on any atom is -0.269 e. The molecular weight excluding hydrogens is 224 g/mol. The summed E-state index contributed by atoms with van der Waals surface area (Å²) in [4.78, 5) is 0. The average Bonchev–Trinajstić information content (AvgIpc) is 2.64. The number of aromatic nitrogens is 2. The zero-order valence-electron chi connectivity index (χ0n) is 9.76. The summed E-state index contributed by atoms with van der Waals surface area (Å²) in [6, 6.07) is 2.21. The number of nitrogens with zero attached hydrogens (tertiary/aromatic N) is 2. The molecule has 2 unspecified atom stereocenters. The van der Waals surface area contributed by atoms with Crippen LogP contribution in [-0.4, -0.2) is 29.7 Å². The zero-order chi connectivity index (χ0) is 11.8. The predicted octanol–water partition coefficient (Wildman–Crippen LogP) is 1.72. The number of sulfone groups is 1. The highest BCUT2D eigenvalue weighted by Crippen LogP contribution is 2.31. The lowest BCUT2D eigenvalue weighted by molar-refractivity contribution is 0.328. The monoisotopic (exact) mass is 242 g/mol. The molecule has 0 amide bonds. The molecule has 1 aliphatic carbocycles. The van der Waals surface area contributed by atoms with Gasteiger partial charge in [0.25, 0.3) is 0 Å². The Morgan fingerprint density at radius 1 is 1.44 bits per heavy atom. The SMILES string of the molecule is Cc1ccn(C2CCCC(S(C)(=O)=O)C2)n1. The Labute approximate surface area is 96.6 Å². The molecule has 1 heterocycles. The van der Waals surface area contributed by atoms with Gasteiger partial charge in [-0.05, 0) is 32.3 Å². The Hall–Kier alpha value is -0.840. The van der Waals surface area contributed by atoms with E-state index in [0.717, 1.165) is 25.0 Å². The molecule has 0 N–H and O–H groups in total. The fraction of sp³-hybridized carbons (Fsp3) is 0.727. The highest BCUT2D eigenvalue weighted by atomic mass is 32.2. The van der Waals surface area contributed by atoms with E-state index in [4.69, 9.17) is 0 Å². The van der Waals surface area contributed by atoms with E-state index in [9.17, 15) is 8.42 Å². The number of hydrogen-bond donors (Lipinski definition) is 0. The third-order valence-electron chi connectivity index (χ3n) is 3.32. The van der Waals surface area contributed by atoms with E-state index < -0.39 is 9.84 Å². The van der Waals surface area contributed by atoms with Crippen molar-refractivity contribution in [3.63, 3.8) is 0 Å². The van der Waals surface area contributed by atoms with Crippen molar-refractivity contribution in [1.29, 1.82) is 0 Å². The van der Waals surface area contributed by atoms with Crippen molar-refractivity contribution in [2.45, 2.75) is 43.9 Å². The molecule has 2 rings (SSSR count). The largest absolute Gasteiger partial charge is 0.269 e. The van der Waals surface area contributed by atoms with E-state index in [0.29, 0.717) is 6.42 Å². The lowest BCUT2D eigenvalue weighted by atomic mass is 9.95. The molecule has 1 aliphatic rings. The van der Waals surface area contributed by atoms with Crippen LogP contribution in [0.15, 0.2) is 12.3 Å². The van der Waals surface area contributed by atoms with Crippen molar-refractivity contribution >= 4 is 9.84 Å². The summed E-state index contributed by atoms with van der Waals surface area (Å²) in [5.41, 5.74) is 0.987. The van der Waals surface area contributed by atoms with Crippen LogP contribution in [0, 0.1) is 6.92 Å². The molecule has 5 heteroatoms. The van der Waals surface area contributed by atoms with Gasteiger partial charge in [-0.25, -0.2) is 8.42 Å².